The molecular formula is C19H28F3N7O5S. The number of nitrogens with two attached hydrogens (primary N) is 1. The Morgan fingerprint density at radius 3 is 2.51 bits per heavy atom. The van der Waals surface area contributed by atoms with Crippen LogP contribution in [0.1, 0.15) is 25.3 Å². The van der Waals surface area contributed by atoms with E-state index < -0.39 is 49.6 Å². The van der Waals surface area contributed by atoms with E-state index in [1.165, 1.54) is 4.90 Å². The zero-order valence-corrected chi connectivity index (χ0v) is 19.8. The molecular weight excluding hydrogens is 495 g/mol. The Balaban J connectivity index is 2.19. The highest BCUT2D eigenvalue weighted by Crippen LogP contribution is 2.30. The van der Waals surface area contributed by atoms with Gasteiger partial charge in [-0.2, -0.15) is 17.9 Å². The first kappa shape index (κ1) is 28.3. The normalized spacial score (nSPS) is 16.7. The zero-order chi connectivity index (χ0) is 26.2. The van der Waals surface area contributed by atoms with Gasteiger partial charge < -0.3 is 15.5 Å². The molecule has 0 aromatic heterocycles. The van der Waals surface area contributed by atoms with E-state index in [-0.39, 0.29) is 19.4 Å². The summed E-state index contributed by atoms with van der Waals surface area (Å²) in [6.45, 7) is 4.66. The van der Waals surface area contributed by atoms with Gasteiger partial charge in [-0.15, -0.1) is 0 Å². The van der Waals surface area contributed by atoms with E-state index in [9.17, 15) is 36.5 Å². The van der Waals surface area contributed by atoms with Crippen molar-refractivity contribution in [3.63, 3.8) is 0 Å². The van der Waals surface area contributed by atoms with Crippen LogP contribution < -0.4 is 15.9 Å². The molecule has 1 saturated heterocycles. The number of alkyl halides is 3. The molecule has 0 bridgehead atoms. The lowest BCUT2D eigenvalue weighted by Crippen LogP contribution is -2.54. The monoisotopic (exact) mass is 523 g/mol. The second kappa shape index (κ2) is 12.1. The molecule has 0 unspecified atom stereocenters. The molecule has 1 fully saturated rings. The predicted octanol–water partition coefficient (Wildman–Crippen LogP) is 0.393. The molecule has 0 aliphatic carbocycles. The Morgan fingerprint density at radius 2 is 1.94 bits per heavy atom. The summed E-state index contributed by atoms with van der Waals surface area (Å²) in [6.07, 6.45) is -4.67. The highest BCUT2D eigenvalue weighted by Gasteiger charge is 2.34. The molecule has 1 aliphatic heterocycles. The minimum absolute atomic E-state index is 0.0502. The first-order valence-electron chi connectivity index (χ1n) is 10.7. The molecule has 16 heteroatoms. The number of nitrogens with zero attached hydrogens (tertiary/aromatic N) is 4. The number of carbonyl (C=O) groups excluding carboxylic acids is 1. The summed E-state index contributed by atoms with van der Waals surface area (Å²) in [4.78, 5) is 30.2. The van der Waals surface area contributed by atoms with E-state index in [4.69, 9.17) is 5.73 Å². The number of benzene rings is 1. The Labute approximate surface area is 200 Å². The molecule has 12 nitrogen and oxygen atoms in total. The molecule has 35 heavy (non-hydrogen) atoms. The third-order valence-corrected chi connectivity index (χ3v) is 6.81. The number of piperazine rings is 1. The van der Waals surface area contributed by atoms with E-state index in [1.54, 1.807) is 5.43 Å². The van der Waals surface area contributed by atoms with Gasteiger partial charge in [0.2, 0.25) is 15.9 Å². The van der Waals surface area contributed by atoms with E-state index >= 15 is 0 Å². The van der Waals surface area contributed by atoms with E-state index in [0.29, 0.717) is 32.2 Å². The predicted molar refractivity (Wildman–Crippen MR) is 120 cm³/mol. The van der Waals surface area contributed by atoms with Gasteiger partial charge in [-0.3, -0.25) is 4.79 Å². The molecule has 1 aromatic carbocycles. The van der Waals surface area contributed by atoms with Gasteiger partial charge in [-0.25, -0.2) is 23.5 Å². The molecule has 4 N–H and O–H groups in total. The average Bonchev–Trinajstić information content (AvgIpc) is 2.79. The number of amides is 1. The van der Waals surface area contributed by atoms with Gasteiger partial charge in [-0.05, 0) is 37.6 Å². The van der Waals surface area contributed by atoms with Crippen LogP contribution in [0.4, 0.5) is 13.2 Å². The van der Waals surface area contributed by atoms with Crippen LogP contribution in [0.2, 0.25) is 0 Å². The molecule has 1 aliphatic rings. The number of halogens is 3. The van der Waals surface area contributed by atoms with Crippen LogP contribution in [0, 0.1) is 10.1 Å². The Bertz CT molecular complexity index is 1030. The lowest BCUT2D eigenvalue weighted by Gasteiger charge is -2.36. The fourth-order valence-corrected chi connectivity index (χ4v) is 4.73. The van der Waals surface area contributed by atoms with Crippen molar-refractivity contribution in [3.05, 3.63) is 39.9 Å². The van der Waals surface area contributed by atoms with Crippen molar-refractivity contribution in [3.8, 4) is 0 Å². The van der Waals surface area contributed by atoms with Crippen LogP contribution in [0.15, 0.2) is 34.2 Å². The number of rotatable bonds is 10. The van der Waals surface area contributed by atoms with E-state index in [0.717, 1.165) is 24.7 Å². The third kappa shape index (κ3) is 8.63. The second-order valence-electron chi connectivity index (χ2n) is 7.74. The van der Waals surface area contributed by atoms with Crippen LogP contribution >= 0.6 is 0 Å². The maximum Gasteiger partial charge on any atom is 0.416 e. The largest absolute Gasteiger partial charge is 0.416 e. The first-order valence-corrected chi connectivity index (χ1v) is 12.2. The van der Waals surface area contributed by atoms with E-state index in [2.05, 4.69) is 14.6 Å². The highest BCUT2D eigenvalue weighted by atomic mass is 32.2. The van der Waals surface area contributed by atoms with Gasteiger partial charge >= 0.3 is 6.18 Å². The topological polar surface area (TPSA) is 163 Å². The minimum Gasteiger partial charge on any atom is -0.365 e. The number of hydrogen-bond donors (Lipinski definition) is 3. The Hall–Kier alpha value is -2.98. The standard InChI is InChI=1S/C19H28F3N7O5S/c1-2-27-9-11-28(12-10-27)17(30)16(7-4-8-24-18(23)25-29(31)32)26-35(33,34)15-6-3-5-14(13-15)19(20,21)22/h3,5-6,13,16,26H,2,4,7-12H2,1H3,(H3,23,24,25)/t16-/m0/s1. The van der Waals surface area contributed by atoms with Crippen molar-refractivity contribution in [1.82, 2.24) is 19.9 Å². The van der Waals surface area contributed by atoms with Crippen LogP contribution in [-0.4, -0.2) is 80.4 Å². The van der Waals surface area contributed by atoms with Crippen molar-refractivity contribution < 1.29 is 31.4 Å². The van der Waals surface area contributed by atoms with E-state index in [1.807, 2.05) is 6.92 Å². The van der Waals surface area contributed by atoms with Crippen LogP contribution in [0.25, 0.3) is 0 Å². The van der Waals surface area contributed by atoms with Crippen molar-refractivity contribution in [2.45, 2.75) is 36.9 Å². The van der Waals surface area contributed by atoms with Gasteiger partial charge in [0, 0.05) is 32.7 Å². The lowest BCUT2D eigenvalue weighted by molar-refractivity contribution is -0.525. The number of nitro groups is 1. The first-order chi connectivity index (χ1) is 16.3. The number of hydrazine groups is 1. The maximum atomic E-state index is 13.1. The Morgan fingerprint density at radius 1 is 1.29 bits per heavy atom. The van der Waals surface area contributed by atoms with Gasteiger partial charge in [-0.1, -0.05) is 18.4 Å². The molecule has 1 amide bonds. The summed E-state index contributed by atoms with van der Waals surface area (Å²) < 4.78 is 67.1. The average molecular weight is 524 g/mol. The number of hydrogen-bond acceptors (Lipinski definition) is 7. The van der Waals surface area contributed by atoms with Crippen molar-refractivity contribution >= 4 is 21.9 Å². The van der Waals surface area contributed by atoms with Crippen LogP contribution in [-0.2, 0) is 21.0 Å². The number of aliphatic imine (C=N–C) groups is 1. The van der Waals surface area contributed by atoms with Gasteiger partial charge in [0.15, 0.2) is 5.03 Å². The molecule has 0 spiro atoms. The zero-order valence-electron chi connectivity index (χ0n) is 19.0. The Kier molecular flexibility index (Phi) is 9.79. The molecule has 1 atom stereocenters. The van der Waals surface area contributed by atoms with Crippen molar-refractivity contribution in [2.75, 3.05) is 39.3 Å². The number of likely N-dealkylation sites (N-methyl/N-ethyl adjacent to an activating group) is 1. The summed E-state index contributed by atoms with van der Waals surface area (Å²) in [5.41, 5.74) is 5.86. The number of guanidine groups is 1. The second-order valence-corrected chi connectivity index (χ2v) is 9.45. The summed E-state index contributed by atoms with van der Waals surface area (Å²) in [7, 11) is -4.48. The maximum absolute atomic E-state index is 13.1. The molecule has 1 aromatic rings. The minimum atomic E-state index is -4.74. The molecule has 0 saturated carbocycles. The van der Waals surface area contributed by atoms with Crippen molar-refractivity contribution in [2.24, 2.45) is 10.7 Å². The summed E-state index contributed by atoms with van der Waals surface area (Å²) in [5.74, 6) is -0.977. The molecule has 196 valence electrons. The number of sulfonamides is 1. The summed E-state index contributed by atoms with van der Waals surface area (Å²) >= 11 is 0. The number of carbonyl (C=O) groups is 1. The molecule has 0 radical (unpaired) electrons. The lowest BCUT2D eigenvalue weighted by atomic mass is 10.1. The smallest absolute Gasteiger partial charge is 0.365 e. The molecule has 1 heterocycles. The fraction of sp³-hybridized carbons (Fsp3) is 0.579. The summed E-state index contributed by atoms with van der Waals surface area (Å²) in [6, 6.07) is 1.95. The third-order valence-electron chi connectivity index (χ3n) is 5.34. The van der Waals surface area contributed by atoms with Crippen LogP contribution in [0.5, 0.6) is 0 Å². The van der Waals surface area contributed by atoms with Crippen LogP contribution in [0.3, 0.4) is 0 Å². The van der Waals surface area contributed by atoms with Gasteiger partial charge in [0.1, 0.15) is 6.04 Å². The van der Waals surface area contributed by atoms with Gasteiger partial charge in [0.25, 0.3) is 5.96 Å². The summed E-state index contributed by atoms with van der Waals surface area (Å²) in [5, 5.41) is 9.47. The quantitative estimate of drug-likeness (QED) is 0.130. The highest BCUT2D eigenvalue weighted by molar-refractivity contribution is 7.89. The van der Waals surface area contributed by atoms with Gasteiger partial charge in [0.05, 0.1) is 10.5 Å². The number of nitrogens with one attached hydrogen (secondary N) is 2. The van der Waals surface area contributed by atoms with Crippen molar-refractivity contribution in [1.29, 1.82) is 0 Å². The SMILES string of the molecule is CCN1CCN(C(=O)[C@H](CCCN=C(N)N[N+](=O)[O-])NS(=O)(=O)c2cccc(C(F)(F)F)c2)CC1. The molecule has 2 rings (SSSR count). The fourth-order valence-electron chi connectivity index (χ4n) is 3.46.